The molecule has 1 fully saturated rings. The lowest BCUT2D eigenvalue weighted by molar-refractivity contribution is 0.287. The van der Waals surface area contributed by atoms with Gasteiger partial charge in [0, 0.05) is 37.6 Å². The van der Waals surface area contributed by atoms with Gasteiger partial charge in [0.15, 0.2) is 0 Å². The number of sulfonamides is 1. The molecule has 6 nitrogen and oxygen atoms in total. The summed E-state index contributed by atoms with van der Waals surface area (Å²) in [7, 11) is -3.50. The van der Waals surface area contributed by atoms with E-state index in [1.807, 2.05) is 0 Å². The largest absolute Gasteiger partial charge is 0.399 e. The van der Waals surface area contributed by atoms with Crippen molar-refractivity contribution >= 4 is 15.7 Å². The van der Waals surface area contributed by atoms with Gasteiger partial charge < -0.3 is 11.1 Å². The second-order valence-corrected chi connectivity index (χ2v) is 8.45. The molecule has 1 aliphatic rings. The van der Waals surface area contributed by atoms with Crippen LogP contribution in [0.25, 0.3) is 0 Å². The van der Waals surface area contributed by atoms with E-state index in [1.165, 1.54) is 16.4 Å². The van der Waals surface area contributed by atoms with Gasteiger partial charge in [-0.25, -0.2) is 12.8 Å². The Morgan fingerprint density at radius 3 is 2.54 bits per heavy atom. The van der Waals surface area contributed by atoms with Crippen LogP contribution in [0.2, 0.25) is 0 Å². The Labute approximate surface area is 153 Å². The summed E-state index contributed by atoms with van der Waals surface area (Å²) in [6.45, 7) is 2.89. The molecule has 1 aliphatic heterocycles. The third-order valence-corrected chi connectivity index (χ3v) is 6.60. The van der Waals surface area contributed by atoms with Crippen molar-refractivity contribution in [2.75, 3.05) is 18.8 Å². The number of aryl methyl sites for hydroxylation is 1. The molecule has 0 aliphatic carbocycles. The van der Waals surface area contributed by atoms with Crippen LogP contribution in [0.5, 0.6) is 0 Å². The fourth-order valence-corrected chi connectivity index (χ4v) is 4.52. The molecule has 0 atom stereocenters. The van der Waals surface area contributed by atoms with Crippen LogP contribution in [0.4, 0.5) is 10.1 Å². The number of piperidine rings is 1. The summed E-state index contributed by atoms with van der Waals surface area (Å²) < 4.78 is 40.8. The second-order valence-electron chi connectivity index (χ2n) is 6.52. The number of benzene rings is 1. The fraction of sp³-hybridized carbons (Fsp3) is 0.389. The third-order valence-electron chi connectivity index (χ3n) is 4.68. The zero-order valence-electron chi connectivity index (χ0n) is 14.7. The van der Waals surface area contributed by atoms with Crippen LogP contribution >= 0.6 is 0 Å². The van der Waals surface area contributed by atoms with Gasteiger partial charge in [-0.3, -0.25) is 4.98 Å². The molecule has 0 unspecified atom stereocenters. The van der Waals surface area contributed by atoms with E-state index in [0.29, 0.717) is 49.4 Å². The molecule has 1 aromatic heterocycles. The minimum Gasteiger partial charge on any atom is -0.399 e. The second kappa shape index (κ2) is 7.69. The highest BCUT2D eigenvalue weighted by Gasteiger charge is 2.29. The molecule has 0 radical (unpaired) electrons. The number of nitrogen functional groups attached to an aromatic ring is 1. The van der Waals surface area contributed by atoms with Crippen molar-refractivity contribution in [1.29, 1.82) is 0 Å². The lowest BCUT2D eigenvalue weighted by Crippen LogP contribution is -2.44. The Bertz CT molecular complexity index is 863. The van der Waals surface area contributed by atoms with E-state index in [2.05, 4.69) is 10.3 Å². The van der Waals surface area contributed by atoms with E-state index in [-0.39, 0.29) is 16.8 Å². The summed E-state index contributed by atoms with van der Waals surface area (Å²) in [6, 6.07) is 8.01. The first-order valence-electron chi connectivity index (χ1n) is 8.57. The van der Waals surface area contributed by atoms with E-state index in [4.69, 9.17) is 5.73 Å². The summed E-state index contributed by atoms with van der Waals surface area (Å²) in [5, 5.41) is 3.28. The molecular formula is C18H23FN4O2S. The Hall–Kier alpha value is -2.03. The molecule has 3 N–H and O–H groups in total. The predicted octanol–water partition coefficient (Wildman–Crippen LogP) is 2.05. The number of nitrogens with two attached hydrogens (primary N) is 1. The van der Waals surface area contributed by atoms with E-state index in [9.17, 15) is 12.8 Å². The summed E-state index contributed by atoms with van der Waals surface area (Å²) in [6.07, 6.45) is 2.93. The minimum atomic E-state index is -3.50. The maximum atomic E-state index is 14.0. The van der Waals surface area contributed by atoms with Crippen LogP contribution in [0.1, 0.15) is 24.1 Å². The van der Waals surface area contributed by atoms with Crippen LogP contribution in [0.3, 0.4) is 0 Å². The molecule has 3 rings (SSSR count). The summed E-state index contributed by atoms with van der Waals surface area (Å²) in [5.74, 6) is -0.289. The molecule has 2 heterocycles. The molecule has 0 saturated carbocycles. The fourth-order valence-electron chi connectivity index (χ4n) is 3.05. The van der Waals surface area contributed by atoms with Gasteiger partial charge in [0.1, 0.15) is 5.82 Å². The standard InChI is InChI=1S/C18H23FN4O2S/c1-13-6-9-21-17(18(13)19)12-22-15-7-10-23(11-8-15)26(24,25)16-4-2-14(20)3-5-16/h2-6,9,15,22H,7-8,10-12,20H2,1H3. The highest BCUT2D eigenvalue weighted by atomic mass is 32.2. The SMILES string of the molecule is Cc1ccnc(CNC2CCN(S(=O)(=O)c3ccc(N)cc3)CC2)c1F. The lowest BCUT2D eigenvalue weighted by atomic mass is 10.1. The first-order valence-corrected chi connectivity index (χ1v) is 10.0. The van der Waals surface area contributed by atoms with Gasteiger partial charge in [0.2, 0.25) is 10.0 Å². The molecule has 140 valence electrons. The Balaban J connectivity index is 1.57. The van der Waals surface area contributed by atoms with E-state index >= 15 is 0 Å². The molecular weight excluding hydrogens is 355 g/mol. The molecule has 0 amide bonds. The summed E-state index contributed by atoms with van der Waals surface area (Å²) in [5.41, 5.74) is 7.11. The minimum absolute atomic E-state index is 0.134. The van der Waals surface area contributed by atoms with Gasteiger partial charge in [-0.2, -0.15) is 4.31 Å². The van der Waals surface area contributed by atoms with Crippen LogP contribution in [-0.2, 0) is 16.6 Å². The molecule has 8 heteroatoms. The van der Waals surface area contributed by atoms with Gasteiger partial charge in [-0.15, -0.1) is 0 Å². The topological polar surface area (TPSA) is 88.3 Å². The third kappa shape index (κ3) is 4.03. The average Bonchev–Trinajstić information content (AvgIpc) is 2.64. The van der Waals surface area contributed by atoms with Crippen molar-refractivity contribution in [3.63, 3.8) is 0 Å². The van der Waals surface area contributed by atoms with Crippen molar-refractivity contribution in [1.82, 2.24) is 14.6 Å². The molecule has 26 heavy (non-hydrogen) atoms. The number of rotatable bonds is 5. The highest BCUT2D eigenvalue weighted by Crippen LogP contribution is 2.22. The van der Waals surface area contributed by atoms with E-state index < -0.39 is 10.0 Å². The molecule has 2 aromatic rings. The quantitative estimate of drug-likeness (QED) is 0.778. The maximum absolute atomic E-state index is 14.0. The number of nitrogens with zero attached hydrogens (tertiary/aromatic N) is 2. The van der Waals surface area contributed by atoms with Crippen LogP contribution in [-0.4, -0.2) is 36.8 Å². The highest BCUT2D eigenvalue weighted by molar-refractivity contribution is 7.89. The predicted molar refractivity (Wildman–Crippen MR) is 98.4 cm³/mol. The van der Waals surface area contributed by atoms with Gasteiger partial charge in [-0.1, -0.05) is 0 Å². The normalized spacial score (nSPS) is 16.7. The summed E-state index contributed by atoms with van der Waals surface area (Å²) in [4.78, 5) is 4.32. The summed E-state index contributed by atoms with van der Waals surface area (Å²) >= 11 is 0. The number of nitrogens with one attached hydrogen (secondary N) is 1. The number of anilines is 1. The smallest absolute Gasteiger partial charge is 0.243 e. The number of hydrogen-bond acceptors (Lipinski definition) is 5. The Kier molecular flexibility index (Phi) is 5.55. The number of halogens is 1. The Morgan fingerprint density at radius 1 is 1.23 bits per heavy atom. The van der Waals surface area contributed by atoms with Crippen LogP contribution in [0, 0.1) is 12.7 Å². The Morgan fingerprint density at radius 2 is 1.88 bits per heavy atom. The zero-order valence-corrected chi connectivity index (χ0v) is 15.5. The first kappa shape index (κ1) is 18.8. The van der Waals surface area contributed by atoms with E-state index in [0.717, 1.165) is 0 Å². The van der Waals surface area contributed by atoms with Crippen LogP contribution < -0.4 is 11.1 Å². The molecule has 0 bridgehead atoms. The molecule has 1 aromatic carbocycles. The van der Waals surface area contributed by atoms with Gasteiger partial charge in [0.25, 0.3) is 0 Å². The van der Waals surface area contributed by atoms with E-state index in [1.54, 1.807) is 31.3 Å². The lowest BCUT2D eigenvalue weighted by Gasteiger charge is -2.31. The number of pyridine rings is 1. The van der Waals surface area contributed by atoms with Crippen molar-refractivity contribution in [2.24, 2.45) is 0 Å². The molecule has 0 spiro atoms. The maximum Gasteiger partial charge on any atom is 0.243 e. The van der Waals surface area contributed by atoms with Crippen molar-refractivity contribution in [3.8, 4) is 0 Å². The van der Waals surface area contributed by atoms with Crippen molar-refractivity contribution in [3.05, 3.63) is 53.6 Å². The molecule has 1 saturated heterocycles. The van der Waals surface area contributed by atoms with Gasteiger partial charge in [-0.05, 0) is 55.7 Å². The zero-order chi connectivity index (χ0) is 18.7. The van der Waals surface area contributed by atoms with Gasteiger partial charge >= 0.3 is 0 Å². The van der Waals surface area contributed by atoms with Crippen molar-refractivity contribution < 1.29 is 12.8 Å². The van der Waals surface area contributed by atoms with Crippen LogP contribution in [0.15, 0.2) is 41.4 Å². The first-order chi connectivity index (χ1) is 12.4. The monoisotopic (exact) mass is 378 g/mol. The van der Waals surface area contributed by atoms with Gasteiger partial charge in [0.05, 0.1) is 10.6 Å². The number of hydrogen-bond donors (Lipinski definition) is 2. The van der Waals surface area contributed by atoms with Crippen molar-refractivity contribution in [2.45, 2.75) is 37.2 Å². The number of aromatic nitrogens is 1. The average molecular weight is 378 g/mol.